The minimum Gasteiger partial charge on any atom is -0.457 e. The fourth-order valence-corrected chi connectivity index (χ4v) is 7.63. The number of allylic oxidation sites excluding steroid dienone is 14. The molecular weight excluding hydrogens is 885 g/mol. The van der Waals surface area contributed by atoms with Crippen LogP contribution in [0.5, 0.6) is 0 Å². The average Bonchev–Trinajstić information content (AvgIpc) is 3.35. The van der Waals surface area contributed by atoms with Gasteiger partial charge >= 0.3 is 5.97 Å². The first kappa shape index (κ1) is 62.3. The van der Waals surface area contributed by atoms with Gasteiger partial charge < -0.3 is 64.2 Å². The van der Waals surface area contributed by atoms with E-state index in [2.05, 4.69) is 98.9 Å². The number of hydrogen-bond acceptors (Lipinski definition) is 14. The van der Waals surface area contributed by atoms with Crippen LogP contribution in [0.2, 0.25) is 0 Å². The fraction of sp³-hybridized carbons (Fsp3) is 0.727. The molecule has 14 heteroatoms. The number of aliphatic hydroxyl groups excluding tert-OH is 7. The molecule has 14 nitrogen and oxygen atoms in total. The van der Waals surface area contributed by atoms with E-state index in [9.17, 15) is 40.5 Å². The van der Waals surface area contributed by atoms with Gasteiger partial charge in [0.05, 0.1) is 26.4 Å². The lowest BCUT2D eigenvalue weighted by Crippen LogP contribution is -2.61. The molecule has 396 valence electrons. The van der Waals surface area contributed by atoms with Gasteiger partial charge in [-0.25, -0.2) is 0 Å². The topological polar surface area (TPSA) is 214 Å². The highest BCUT2D eigenvalue weighted by Gasteiger charge is 2.47. The predicted molar refractivity (Wildman–Crippen MR) is 270 cm³/mol. The smallest absolute Gasteiger partial charge is 0.306 e. The van der Waals surface area contributed by atoms with Gasteiger partial charge in [0.1, 0.15) is 54.9 Å². The summed E-state index contributed by atoms with van der Waals surface area (Å²) in [6.07, 6.45) is 36.4. The van der Waals surface area contributed by atoms with Gasteiger partial charge in [0.25, 0.3) is 0 Å². The Hall–Kier alpha value is -2.83. The Morgan fingerprint density at radius 2 is 0.942 bits per heavy atom. The van der Waals surface area contributed by atoms with Crippen LogP contribution < -0.4 is 0 Å². The van der Waals surface area contributed by atoms with E-state index in [1.165, 1.54) is 38.5 Å². The molecule has 0 aliphatic carbocycles. The summed E-state index contributed by atoms with van der Waals surface area (Å²) in [6.45, 7) is 3.40. The first-order valence-corrected chi connectivity index (χ1v) is 26.2. The Kier molecular flexibility index (Phi) is 37.7. The number of carbonyl (C=O) groups excluding carboxylic acids is 1. The second-order valence-electron chi connectivity index (χ2n) is 18.0. The third-order valence-corrected chi connectivity index (χ3v) is 11.9. The lowest BCUT2D eigenvalue weighted by Gasteiger charge is -2.42. The van der Waals surface area contributed by atoms with E-state index in [1.807, 2.05) is 0 Å². The number of unbranched alkanes of at least 4 members (excludes halogenated alkanes) is 12. The first-order chi connectivity index (χ1) is 33.6. The third kappa shape index (κ3) is 29.3. The lowest BCUT2D eigenvalue weighted by molar-refractivity contribution is -0.332. The van der Waals surface area contributed by atoms with Crippen molar-refractivity contribution in [3.05, 3.63) is 85.1 Å². The van der Waals surface area contributed by atoms with E-state index in [-0.39, 0.29) is 19.6 Å². The van der Waals surface area contributed by atoms with Crippen molar-refractivity contribution in [2.45, 2.75) is 223 Å². The normalized spacial score (nSPS) is 26.4. The van der Waals surface area contributed by atoms with Crippen molar-refractivity contribution in [2.24, 2.45) is 0 Å². The van der Waals surface area contributed by atoms with Crippen LogP contribution in [0.4, 0.5) is 0 Å². The summed E-state index contributed by atoms with van der Waals surface area (Å²) < 4.78 is 34.2. The Bertz CT molecular complexity index is 1460. The van der Waals surface area contributed by atoms with Crippen molar-refractivity contribution in [3.8, 4) is 0 Å². The van der Waals surface area contributed by atoms with Crippen LogP contribution in [0.15, 0.2) is 85.1 Å². The number of hydrogen-bond donors (Lipinski definition) is 7. The molecule has 0 bridgehead atoms. The molecule has 2 aliphatic heterocycles. The van der Waals surface area contributed by atoms with Crippen LogP contribution >= 0.6 is 0 Å². The average molecular weight is 977 g/mol. The molecule has 0 aromatic rings. The molecule has 2 fully saturated rings. The number of aliphatic hydroxyl groups is 7. The van der Waals surface area contributed by atoms with Gasteiger partial charge in [-0.3, -0.25) is 4.79 Å². The van der Waals surface area contributed by atoms with Gasteiger partial charge in [-0.15, -0.1) is 0 Å². The monoisotopic (exact) mass is 977 g/mol. The van der Waals surface area contributed by atoms with Crippen LogP contribution in [-0.4, -0.2) is 142 Å². The third-order valence-electron chi connectivity index (χ3n) is 11.9. The van der Waals surface area contributed by atoms with Crippen LogP contribution in [-0.2, 0) is 33.2 Å². The summed E-state index contributed by atoms with van der Waals surface area (Å²) >= 11 is 0. The molecule has 2 saturated heterocycles. The van der Waals surface area contributed by atoms with Crippen LogP contribution in [0.25, 0.3) is 0 Å². The molecule has 2 aliphatic rings. The van der Waals surface area contributed by atoms with Crippen LogP contribution in [0.3, 0.4) is 0 Å². The summed E-state index contributed by atoms with van der Waals surface area (Å²) in [6, 6.07) is 0. The SMILES string of the molecule is CC/C=C\C/C=C\C/C=C\C/C=C\C/C=C\CCCCOCC(COC1OC(COC2OC(CO)C(O)C(O)C2O)C(O)C(O)C1O)OC(=O)CCCCCCCCC/C=C\C/C=C\CCCCC. The molecule has 0 spiro atoms. The molecule has 0 saturated carbocycles. The van der Waals surface area contributed by atoms with Crippen molar-refractivity contribution >= 4 is 5.97 Å². The first-order valence-electron chi connectivity index (χ1n) is 26.2. The highest BCUT2D eigenvalue weighted by molar-refractivity contribution is 5.69. The standard InChI is InChI=1S/C55H92O14/c1-3-5-7-9-11-13-15-17-19-21-23-25-27-29-31-33-35-37-39-64-41-44(67-47(57)38-36-34-32-30-28-26-24-22-20-18-16-14-12-10-8-6-4-2)42-65-54-53(63)51(61)49(59)46(69-54)43-66-55-52(62)50(60)48(58)45(40-56)68-55/h5,7,11-14,17-20,23,25,29,31,44-46,48-56,58-63H,3-4,6,8-10,15-16,21-22,24,26-28,30,32-43H2,1-2H3/b7-5-,13-11-,14-12-,19-17-,20-18-,25-23-,31-29-. The van der Waals surface area contributed by atoms with Gasteiger partial charge in [-0.05, 0) is 89.9 Å². The second-order valence-corrected chi connectivity index (χ2v) is 18.0. The minimum absolute atomic E-state index is 0.0238. The number of carbonyl (C=O) groups is 1. The number of esters is 1. The number of rotatable bonds is 40. The van der Waals surface area contributed by atoms with E-state index >= 15 is 0 Å². The van der Waals surface area contributed by atoms with Crippen molar-refractivity contribution in [1.82, 2.24) is 0 Å². The summed E-state index contributed by atoms with van der Waals surface area (Å²) in [5.41, 5.74) is 0. The van der Waals surface area contributed by atoms with Gasteiger partial charge in [-0.1, -0.05) is 144 Å². The molecule has 7 N–H and O–H groups in total. The Morgan fingerprint density at radius 3 is 1.48 bits per heavy atom. The zero-order chi connectivity index (χ0) is 50.2. The molecule has 0 radical (unpaired) electrons. The van der Waals surface area contributed by atoms with E-state index in [1.54, 1.807) is 0 Å². The van der Waals surface area contributed by atoms with Gasteiger partial charge in [0.15, 0.2) is 12.6 Å². The van der Waals surface area contributed by atoms with Crippen molar-refractivity contribution in [3.63, 3.8) is 0 Å². The van der Waals surface area contributed by atoms with Crippen molar-refractivity contribution in [1.29, 1.82) is 0 Å². The van der Waals surface area contributed by atoms with E-state index in [0.717, 1.165) is 89.9 Å². The molecule has 2 heterocycles. The maximum Gasteiger partial charge on any atom is 0.306 e. The maximum absolute atomic E-state index is 13.0. The predicted octanol–water partition coefficient (Wildman–Crippen LogP) is 8.07. The highest BCUT2D eigenvalue weighted by atomic mass is 16.7. The quantitative estimate of drug-likeness (QED) is 0.0176. The van der Waals surface area contributed by atoms with E-state index < -0.39 is 86.7 Å². The minimum atomic E-state index is -1.72. The van der Waals surface area contributed by atoms with E-state index in [4.69, 9.17) is 28.4 Å². The molecular formula is C55H92O14. The summed E-state index contributed by atoms with van der Waals surface area (Å²) in [5.74, 6) is -0.403. The Morgan fingerprint density at radius 1 is 0.493 bits per heavy atom. The van der Waals surface area contributed by atoms with Gasteiger partial charge in [0.2, 0.25) is 0 Å². The Labute approximate surface area is 414 Å². The zero-order valence-corrected chi connectivity index (χ0v) is 42.0. The van der Waals surface area contributed by atoms with Crippen molar-refractivity contribution < 1.29 is 69.0 Å². The molecule has 11 atom stereocenters. The van der Waals surface area contributed by atoms with Gasteiger partial charge in [-0.2, -0.15) is 0 Å². The van der Waals surface area contributed by atoms with Crippen LogP contribution in [0, 0.1) is 0 Å². The summed E-state index contributed by atoms with van der Waals surface area (Å²) in [5, 5.41) is 72.2. The molecule has 2 rings (SSSR count). The van der Waals surface area contributed by atoms with E-state index in [0.29, 0.717) is 13.0 Å². The second kappa shape index (κ2) is 41.8. The van der Waals surface area contributed by atoms with Gasteiger partial charge in [0, 0.05) is 13.0 Å². The molecule has 0 amide bonds. The summed E-state index contributed by atoms with van der Waals surface area (Å²) in [7, 11) is 0. The highest BCUT2D eigenvalue weighted by Crippen LogP contribution is 2.26. The summed E-state index contributed by atoms with van der Waals surface area (Å²) in [4.78, 5) is 13.0. The van der Waals surface area contributed by atoms with Crippen LogP contribution in [0.1, 0.15) is 155 Å². The zero-order valence-electron chi connectivity index (χ0n) is 42.0. The fourth-order valence-electron chi connectivity index (χ4n) is 7.63. The lowest BCUT2D eigenvalue weighted by atomic mass is 9.98. The molecule has 0 aromatic carbocycles. The van der Waals surface area contributed by atoms with Crippen molar-refractivity contribution in [2.75, 3.05) is 33.0 Å². The molecule has 0 aromatic heterocycles. The Balaban J connectivity index is 1.80. The molecule has 11 unspecified atom stereocenters. The molecule has 69 heavy (non-hydrogen) atoms. The number of ether oxygens (including phenoxy) is 6. The largest absolute Gasteiger partial charge is 0.457 e. The maximum atomic E-state index is 13.0.